The molecule has 1 fully saturated rings. The van der Waals surface area contributed by atoms with Crippen molar-refractivity contribution in [2.75, 3.05) is 0 Å². The van der Waals surface area contributed by atoms with E-state index in [0.717, 1.165) is 37.8 Å². The molecule has 1 saturated carbocycles. The summed E-state index contributed by atoms with van der Waals surface area (Å²) in [5, 5.41) is 0. The van der Waals surface area contributed by atoms with E-state index in [4.69, 9.17) is 5.73 Å². The number of rotatable bonds is 3. The molecule has 0 aromatic heterocycles. The Kier molecular flexibility index (Phi) is 3.99. The van der Waals surface area contributed by atoms with Crippen LogP contribution in [0.4, 0.5) is 4.39 Å². The predicted molar refractivity (Wildman–Crippen MR) is 67.0 cm³/mol. The summed E-state index contributed by atoms with van der Waals surface area (Å²) in [7, 11) is -3.61. The first-order chi connectivity index (χ1) is 8.49. The second-order valence-corrected chi connectivity index (χ2v) is 6.34. The highest BCUT2D eigenvalue weighted by Crippen LogP contribution is 2.19. The van der Waals surface area contributed by atoms with Crippen LogP contribution in [0.5, 0.6) is 0 Å². The van der Waals surface area contributed by atoms with Gasteiger partial charge in [0, 0.05) is 12.1 Å². The normalized spacial score (nSPS) is 25.0. The lowest BCUT2D eigenvalue weighted by Crippen LogP contribution is -2.49. The molecular weight excluding hydrogens is 255 g/mol. The van der Waals surface area contributed by atoms with Crippen molar-refractivity contribution in [3.63, 3.8) is 0 Å². The van der Waals surface area contributed by atoms with Gasteiger partial charge in [0.25, 0.3) is 0 Å². The minimum atomic E-state index is -3.61. The van der Waals surface area contributed by atoms with Crippen molar-refractivity contribution in [3.8, 4) is 0 Å². The molecule has 0 aliphatic heterocycles. The molecule has 0 saturated heterocycles. The summed E-state index contributed by atoms with van der Waals surface area (Å²) >= 11 is 0. The van der Waals surface area contributed by atoms with E-state index in [1.165, 1.54) is 12.1 Å². The topological polar surface area (TPSA) is 72.2 Å². The van der Waals surface area contributed by atoms with Crippen molar-refractivity contribution >= 4 is 10.0 Å². The van der Waals surface area contributed by atoms with Gasteiger partial charge in [-0.2, -0.15) is 0 Å². The van der Waals surface area contributed by atoms with Crippen molar-refractivity contribution in [1.29, 1.82) is 0 Å². The van der Waals surface area contributed by atoms with Crippen molar-refractivity contribution in [3.05, 3.63) is 30.1 Å². The van der Waals surface area contributed by atoms with Gasteiger partial charge in [-0.3, -0.25) is 0 Å². The maximum absolute atomic E-state index is 12.8. The van der Waals surface area contributed by atoms with Gasteiger partial charge in [0.1, 0.15) is 5.82 Å². The lowest BCUT2D eigenvalue weighted by Gasteiger charge is -2.29. The molecule has 3 N–H and O–H groups in total. The lowest BCUT2D eigenvalue weighted by atomic mass is 9.92. The van der Waals surface area contributed by atoms with Gasteiger partial charge in [0.15, 0.2) is 0 Å². The van der Waals surface area contributed by atoms with Gasteiger partial charge in [-0.05, 0) is 37.1 Å². The minimum Gasteiger partial charge on any atom is -0.326 e. The van der Waals surface area contributed by atoms with E-state index in [9.17, 15) is 12.8 Å². The van der Waals surface area contributed by atoms with Crippen molar-refractivity contribution in [1.82, 2.24) is 4.72 Å². The Bertz CT molecular complexity index is 501. The number of sulfonamides is 1. The highest BCUT2D eigenvalue weighted by Gasteiger charge is 2.27. The number of nitrogens with one attached hydrogen (secondary N) is 1. The highest BCUT2D eigenvalue weighted by molar-refractivity contribution is 7.89. The third-order valence-electron chi connectivity index (χ3n) is 3.25. The third kappa shape index (κ3) is 3.07. The Balaban J connectivity index is 2.13. The molecule has 1 aliphatic rings. The average molecular weight is 272 g/mol. The minimum absolute atomic E-state index is 0.0710. The fourth-order valence-corrected chi connectivity index (χ4v) is 3.51. The van der Waals surface area contributed by atoms with Gasteiger partial charge in [-0.25, -0.2) is 17.5 Å². The summed E-state index contributed by atoms with van der Waals surface area (Å²) < 4.78 is 39.5. The van der Waals surface area contributed by atoms with Gasteiger partial charge in [-0.1, -0.05) is 12.8 Å². The quantitative estimate of drug-likeness (QED) is 0.873. The molecule has 0 spiro atoms. The highest BCUT2D eigenvalue weighted by atomic mass is 32.2. The Morgan fingerprint density at radius 1 is 1.17 bits per heavy atom. The standard InChI is InChI=1S/C12H17FN2O2S/c13-9-5-7-10(8-6-9)18(16,17)15-12-4-2-1-3-11(12)14/h5-8,11-12,15H,1-4,14H2. The van der Waals surface area contributed by atoms with Crippen LogP contribution in [-0.2, 0) is 10.0 Å². The van der Waals surface area contributed by atoms with Gasteiger partial charge in [-0.15, -0.1) is 0 Å². The van der Waals surface area contributed by atoms with Gasteiger partial charge < -0.3 is 5.73 Å². The van der Waals surface area contributed by atoms with Crippen molar-refractivity contribution in [2.24, 2.45) is 5.73 Å². The van der Waals surface area contributed by atoms with E-state index in [1.807, 2.05) is 0 Å². The van der Waals surface area contributed by atoms with Crippen LogP contribution < -0.4 is 10.5 Å². The van der Waals surface area contributed by atoms with E-state index in [1.54, 1.807) is 0 Å². The zero-order valence-corrected chi connectivity index (χ0v) is 10.8. The second kappa shape index (κ2) is 5.34. The van der Waals surface area contributed by atoms with Crippen LogP contribution in [0.3, 0.4) is 0 Å². The average Bonchev–Trinajstić information content (AvgIpc) is 2.32. The van der Waals surface area contributed by atoms with Crippen molar-refractivity contribution in [2.45, 2.75) is 42.7 Å². The van der Waals surface area contributed by atoms with Crippen LogP contribution in [0.25, 0.3) is 0 Å². The number of halogens is 1. The Hall–Kier alpha value is -0.980. The largest absolute Gasteiger partial charge is 0.326 e. The number of nitrogens with two attached hydrogens (primary N) is 1. The summed E-state index contributed by atoms with van der Waals surface area (Å²) in [6.45, 7) is 0. The maximum atomic E-state index is 12.8. The number of benzene rings is 1. The molecule has 2 rings (SSSR count). The van der Waals surface area contributed by atoms with Gasteiger partial charge in [0.2, 0.25) is 10.0 Å². The molecular formula is C12H17FN2O2S. The fraction of sp³-hybridized carbons (Fsp3) is 0.500. The SMILES string of the molecule is NC1CCCCC1NS(=O)(=O)c1ccc(F)cc1. The fourth-order valence-electron chi connectivity index (χ4n) is 2.19. The molecule has 100 valence electrons. The smallest absolute Gasteiger partial charge is 0.240 e. The zero-order valence-electron chi connectivity index (χ0n) is 9.97. The molecule has 18 heavy (non-hydrogen) atoms. The first-order valence-electron chi connectivity index (χ1n) is 6.02. The Morgan fingerprint density at radius 3 is 2.39 bits per heavy atom. The zero-order chi connectivity index (χ0) is 13.2. The molecule has 1 aromatic rings. The Morgan fingerprint density at radius 2 is 1.78 bits per heavy atom. The number of hydrogen-bond acceptors (Lipinski definition) is 3. The molecule has 2 unspecified atom stereocenters. The van der Waals surface area contributed by atoms with Crippen LogP contribution in [-0.4, -0.2) is 20.5 Å². The summed E-state index contributed by atoms with van der Waals surface area (Å²) in [6, 6.07) is 4.41. The van der Waals surface area contributed by atoms with Crippen molar-refractivity contribution < 1.29 is 12.8 Å². The summed E-state index contributed by atoms with van der Waals surface area (Å²) in [5.74, 6) is -0.455. The third-order valence-corrected chi connectivity index (χ3v) is 4.76. The molecule has 0 radical (unpaired) electrons. The van der Waals surface area contributed by atoms with E-state index in [0.29, 0.717) is 0 Å². The summed E-state index contributed by atoms with van der Waals surface area (Å²) in [6.07, 6.45) is 3.60. The predicted octanol–water partition coefficient (Wildman–Crippen LogP) is 1.37. The van der Waals surface area contributed by atoms with Crippen LogP contribution in [0.1, 0.15) is 25.7 Å². The summed E-state index contributed by atoms with van der Waals surface area (Å²) in [5.41, 5.74) is 5.90. The molecule has 6 heteroatoms. The lowest BCUT2D eigenvalue weighted by molar-refractivity contribution is 0.361. The van der Waals surface area contributed by atoms with E-state index in [-0.39, 0.29) is 17.0 Å². The molecule has 1 aromatic carbocycles. The van der Waals surface area contributed by atoms with E-state index >= 15 is 0 Å². The molecule has 1 aliphatic carbocycles. The first-order valence-corrected chi connectivity index (χ1v) is 7.51. The molecule has 2 atom stereocenters. The van der Waals surface area contributed by atoms with Crippen LogP contribution >= 0.6 is 0 Å². The molecule has 0 heterocycles. The summed E-state index contributed by atoms with van der Waals surface area (Å²) in [4.78, 5) is 0.0710. The maximum Gasteiger partial charge on any atom is 0.240 e. The molecule has 4 nitrogen and oxygen atoms in total. The Labute approximate surface area is 106 Å². The van der Waals surface area contributed by atoms with Gasteiger partial charge >= 0.3 is 0 Å². The van der Waals surface area contributed by atoms with Crippen LogP contribution in [0.15, 0.2) is 29.2 Å². The first kappa shape index (κ1) is 13.5. The van der Waals surface area contributed by atoms with Gasteiger partial charge in [0.05, 0.1) is 4.90 Å². The van der Waals surface area contributed by atoms with Crippen LogP contribution in [0.2, 0.25) is 0 Å². The molecule has 0 amide bonds. The van der Waals surface area contributed by atoms with E-state index < -0.39 is 15.8 Å². The number of hydrogen-bond donors (Lipinski definition) is 2. The molecule has 0 bridgehead atoms. The monoisotopic (exact) mass is 272 g/mol. The van der Waals surface area contributed by atoms with E-state index in [2.05, 4.69) is 4.72 Å². The second-order valence-electron chi connectivity index (χ2n) is 4.63. The van der Waals surface area contributed by atoms with Crippen LogP contribution in [0, 0.1) is 5.82 Å².